The van der Waals surface area contributed by atoms with Crippen LogP contribution in [0.2, 0.25) is 0 Å². The van der Waals surface area contributed by atoms with Gasteiger partial charge >= 0.3 is 6.18 Å². The average Bonchev–Trinajstić information content (AvgIpc) is 2.91. The lowest BCUT2D eigenvalue weighted by molar-refractivity contribution is -0.187. The number of halogens is 3. The maximum Gasteiger partial charge on any atom is 0.411 e. The van der Waals surface area contributed by atoms with Crippen molar-refractivity contribution in [3.05, 3.63) is 11.8 Å². The third-order valence-electron chi connectivity index (χ3n) is 5.64. The summed E-state index contributed by atoms with van der Waals surface area (Å²) < 4.78 is 41.8. The quantitative estimate of drug-likeness (QED) is 0.594. The van der Waals surface area contributed by atoms with Crippen LogP contribution < -0.4 is 10.6 Å². The van der Waals surface area contributed by atoms with Gasteiger partial charge in [0.15, 0.2) is 0 Å². The summed E-state index contributed by atoms with van der Waals surface area (Å²) in [7, 11) is 0. The number of alkyl halides is 3. The van der Waals surface area contributed by atoms with Gasteiger partial charge in [-0.05, 0) is 44.9 Å². The molecule has 0 aromatic carbocycles. The van der Waals surface area contributed by atoms with Crippen LogP contribution in [0.3, 0.4) is 0 Å². The summed E-state index contributed by atoms with van der Waals surface area (Å²) >= 11 is 0. The zero-order chi connectivity index (χ0) is 21.6. The molecule has 2 aliphatic carbocycles. The van der Waals surface area contributed by atoms with Gasteiger partial charge in [-0.3, -0.25) is 0 Å². The van der Waals surface area contributed by atoms with E-state index in [9.17, 15) is 23.5 Å². The zero-order valence-electron chi connectivity index (χ0n) is 16.8. The van der Waals surface area contributed by atoms with Crippen LogP contribution in [-0.4, -0.2) is 52.1 Å². The van der Waals surface area contributed by atoms with Crippen molar-refractivity contribution in [3.8, 4) is 6.07 Å². The molecule has 2 unspecified atom stereocenters. The molecule has 0 amide bonds. The van der Waals surface area contributed by atoms with Crippen molar-refractivity contribution in [2.24, 2.45) is 0 Å². The molecule has 166 valence electrons. The molecule has 2 atom stereocenters. The number of anilines is 2. The van der Waals surface area contributed by atoms with E-state index in [1.165, 1.54) is 6.20 Å². The zero-order valence-corrected chi connectivity index (χ0v) is 16.8. The number of ether oxygens (including phenoxy) is 1. The van der Waals surface area contributed by atoms with Crippen molar-refractivity contribution in [1.29, 1.82) is 5.26 Å². The number of rotatable bonds is 6. The third kappa shape index (κ3) is 6.99. The molecule has 0 spiro atoms. The lowest BCUT2D eigenvalue weighted by Crippen LogP contribution is -2.32. The van der Waals surface area contributed by atoms with Gasteiger partial charge in [-0.15, -0.1) is 0 Å². The van der Waals surface area contributed by atoms with E-state index in [4.69, 9.17) is 4.74 Å². The van der Waals surface area contributed by atoms with Crippen molar-refractivity contribution in [2.45, 2.75) is 88.3 Å². The molecule has 0 saturated heterocycles. The van der Waals surface area contributed by atoms with Crippen LogP contribution in [-0.2, 0) is 4.74 Å². The molecule has 0 bridgehead atoms. The lowest BCUT2D eigenvalue weighted by Gasteiger charge is -2.29. The summed E-state index contributed by atoms with van der Waals surface area (Å²) in [5.41, 5.74) is 0.337. The Morgan fingerprint density at radius 3 is 2.53 bits per heavy atom. The maximum absolute atomic E-state index is 12.3. The van der Waals surface area contributed by atoms with Gasteiger partial charge in [0.2, 0.25) is 5.95 Å². The van der Waals surface area contributed by atoms with Crippen molar-refractivity contribution in [1.82, 2.24) is 9.97 Å². The third-order valence-corrected chi connectivity index (χ3v) is 5.64. The van der Waals surface area contributed by atoms with E-state index >= 15 is 0 Å². The number of nitriles is 1. The lowest BCUT2D eigenvalue weighted by atomic mass is 9.93. The Hall–Kier alpha value is -2.12. The fraction of sp³-hybridized carbons (Fsp3) is 0.750. The smallest absolute Gasteiger partial charge is 0.393 e. The van der Waals surface area contributed by atoms with Gasteiger partial charge in [-0.25, -0.2) is 4.98 Å². The molecule has 0 radical (unpaired) electrons. The van der Waals surface area contributed by atoms with Crippen LogP contribution in [0, 0.1) is 11.3 Å². The second-order valence-electron chi connectivity index (χ2n) is 8.13. The number of nitrogens with one attached hydrogen (secondary N) is 2. The van der Waals surface area contributed by atoms with Crippen molar-refractivity contribution >= 4 is 11.8 Å². The first-order chi connectivity index (χ1) is 14.3. The number of hydrogen-bond acceptors (Lipinski definition) is 7. The van der Waals surface area contributed by atoms with Crippen LogP contribution >= 0.6 is 0 Å². The summed E-state index contributed by atoms with van der Waals surface area (Å²) in [4.78, 5) is 8.66. The minimum absolute atomic E-state index is 0.0382. The van der Waals surface area contributed by atoms with Gasteiger partial charge in [-0.2, -0.15) is 23.4 Å². The molecule has 2 saturated carbocycles. The van der Waals surface area contributed by atoms with E-state index in [1.54, 1.807) is 0 Å². The van der Waals surface area contributed by atoms with Crippen molar-refractivity contribution in [2.75, 3.05) is 17.2 Å². The van der Waals surface area contributed by atoms with Crippen LogP contribution in [0.15, 0.2) is 6.20 Å². The van der Waals surface area contributed by atoms with Gasteiger partial charge < -0.3 is 20.5 Å². The van der Waals surface area contributed by atoms with Crippen LogP contribution in [0.25, 0.3) is 0 Å². The van der Waals surface area contributed by atoms with E-state index in [-0.39, 0.29) is 24.3 Å². The number of aliphatic hydroxyl groups is 1. The van der Waals surface area contributed by atoms with Gasteiger partial charge in [0.1, 0.15) is 24.1 Å². The molecule has 30 heavy (non-hydrogen) atoms. The molecule has 3 rings (SSSR count). The molecule has 1 heterocycles. The Kier molecular flexibility index (Phi) is 7.72. The van der Waals surface area contributed by atoms with Gasteiger partial charge in [-0.1, -0.05) is 12.8 Å². The van der Waals surface area contributed by atoms with Crippen LogP contribution in [0.4, 0.5) is 24.9 Å². The largest absolute Gasteiger partial charge is 0.411 e. The van der Waals surface area contributed by atoms with Gasteiger partial charge in [0.05, 0.1) is 18.4 Å². The fourth-order valence-corrected chi connectivity index (χ4v) is 4.07. The second kappa shape index (κ2) is 10.3. The van der Waals surface area contributed by atoms with Gasteiger partial charge in [0.25, 0.3) is 0 Å². The van der Waals surface area contributed by atoms with E-state index < -0.39 is 12.8 Å². The predicted octanol–water partition coefficient (Wildman–Crippen LogP) is 3.76. The Morgan fingerprint density at radius 1 is 1.10 bits per heavy atom. The monoisotopic (exact) mass is 427 g/mol. The topological polar surface area (TPSA) is 103 Å². The Balaban J connectivity index is 1.55. The molecular weight excluding hydrogens is 399 g/mol. The first-order valence-electron chi connectivity index (χ1n) is 10.5. The number of hydrogen-bond donors (Lipinski definition) is 3. The molecule has 1 aromatic heterocycles. The van der Waals surface area contributed by atoms with Crippen molar-refractivity contribution < 1.29 is 23.0 Å². The molecule has 10 heteroatoms. The van der Waals surface area contributed by atoms with E-state index in [0.717, 1.165) is 25.7 Å². The molecule has 0 aliphatic heterocycles. The summed E-state index contributed by atoms with van der Waals surface area (Å²) in [6.45, 7) is -1.21. The fourth-order valence-electron chi connectivity index (χ4n) is 4.07. The number of aromatic nitrogens is 2. The standard InChI is InChI=1S/C20H28F3N5O2/c21-20(22,23)12-30-17-7-5-14(6-8-17)27-19-25-11-13(10-24)18(28-19)26-15-3-1-2-4-16(29)9-15/h11,14-17,29H,1-9,12H2,(H2,25,26,27,28). The van der Waals surface area contributed by atoms with Gasteiger partial charge in [0, 0.05) is 12.1 Å². The van der Waals surface area contributed by atoms with E-state index in [2.05, 4.69) is 26.7 Å². The average molecular weight is 427 g/mol. The first-order valence-corrected chi connectivity index (χ1v) is 10.5. The molecule has 2 fully saturated rings. The first kappa shape index (κ1) is 22.6. The molecule has 3 N–H and O–H groups in total. The second-order valence-corrected chi connectivity index (χ2v) is 8.13. The summed E-state index contributed by atoms with van der Waals surface area (Å²) in [5.74, 6) is 0.821. The Morgan fingerprint density at radius 2 is 1.83 bits per heavy atom. The summed E-state index contributed by atoms with van der Waals surface area (Å²) in [6.07, 6.45) is 3.09. The van der Waals surface area contributed by atoms with Crippen LogP contribution in [0.5, 0.6) is 0 Å². The Labute approximate surface area is 174 Å². The molecular formula is C20H28F3N5O2. The normalized spacial score (nSPS) is 27.7. The minimum Gasteiger partial charge on any atom is -0.393 e. The highest BCUT2D eigenvalue weighted by atomic mass is 19.4. The Bertz CT molecular complexity index is 732. The highest BCUT2D eigenvalue weighted by Crippen LogP contribution is 2.27. The molecule has 7 nitrogen and oxygen atoms in total. The maximum atomic E-state index is 12.3. The predicted molar refractivity (Wildman–Crippen MR) is 105 cm³/mol. The summed E-state index contributed by atoms with van der Waals surface area (Å²) in [5, 5.41) is 25.9. The van der Waals surface area contributed by atoms with Crippen LogP contribution in [0.1, 0.15) is 63.4 Å². The van der Waals surface area contributed by atoms with Crippen molar-refractivity contribution in [3.63, 3.8) is 0 Å². The van der Waals surface area contributed by atoms with E-state index in [0.29, 0.717) is 49.4 Å². The number of aliphatic hydroxyl groups excluding tert-OH is 1. The SMILES string of the molecule is N#Cc1cnc(NC2CCC(OCC(F)(F)F)CC2)nc1NC1CCCCC(O)C1. The number of nitrogens with zero attached hydrogens (tertiary/aromatic N) is 3. The molecule has 2 aliphatic rings. The molecule has 1 aromatic rings. The highest BCUT2D eigenvalue weighted by Gasteiger charge is 2.31. The minimum atomic E-state index is -4.30. The summed E-state index contributed by atoms with van der Waals surface area (Å²) in [6, 6.07) is 2.17. The van der Waals surface area contributed by atoms with E-state index in [1.807, 2.05) is 0 Å². The highest BCUT2D eigenvalue weighted by molar-refractivity contribution is 5.54.